The van der Waals surface area contributed by atoms with Gasteiger partial charge >= 0.3 is 14.2 Å². The molecule has 2 heterocycles. The summed E-state index contributed by atoms with van der Waals surface area (Å²) in [5.41, 5.74) is 0. The largest absolute Gasteiger partial charge is 0.463 e. The van der Waals surface area contributed by atoms with E-state index in [9.17, 15) is 0 Å². The van der Waals surface area contributed by atoms with Gasteiger partial charge < -0.3 is 18.6 Å². The maximum Gasteiger partial charge on any atom is 0.463 e. The number of hydrogen-bond donors (Lipinski definition) is 0. The highest BCUT2D eigenvalue weighted by Gasteiger charge is 2.49. The van der Waals surface area contributed by atoms with E-state index < -0.39 is 0 Å². The van der Waals surface area contributed by atoms with E-state index in [2.05, 4.69) is 48.5 Å². The van der Waals surface area contributed by atoms with E-state index >= 15 is 0 Å². The lowest BCUT2D eigenvalue weighted by Crippen LogP contribution is -2.35. The first-order valence-corrected chi connectivity index (χ1v) is 7.67. The van der Waals surface area contributed by atoms with E-state index in [-0.39, 0.29) is 43.2 Å². The third-order valence-electron chi connectivity index (χ3n) is 4.19. The average Bonchev–Trinajstić information content (AvgIpc) is 2.86. The summed E-state index contributed by atoms with van der Waals surface area (Å²) in [6, 6.07) is 0. The summed E-state index contributed by atoms with van der Waals surface area (Å²) in [6.07, 6.45) is 1.31. The minimum atomic E-state index is -0.162. The third-order valence-corrected chi connectivity index (χ3v) is 4.19. The van der Waals surface area contributed by atoms with Gasteiger partial charge in [0.25, 0.3) is 0 Å². The fraction of sp³-hybridized carbons (Fsp3) is 1.00. The van der Waals surface area contributed by atoms with Crippen LogP contribution < -0.4 is 0 Å². The first-order chi connectivity index (χ1) is 9.09. The smallest absolute Gasteiger partial charge is 0.408 e. The Kier molecular flexibility index (Phi) is 4.60. The molecule has 20 heavy (non-hydrogen) atoms. The zero-order valence-electron chi connectivity index (χ0n) is 13.9. The van der Waals surface area contributed by atoms with Gasteiger partial charge in [0.05, 0.1) is 24.9 Å². The van der Waals surface area contributed by atoms with Gasteiger partial charge in [-0.25, -0.2) is 0 Å². The molecule has 3 atom stereocenters. The molecule has 2 saturated heterocycles. The summed E-state index contributed by atoms with van der Waals surface area (Å²) in [4.78, 5) is 0. The van der Waals surface area contributed by atoms with Crippen LogP contribution in [0.4, 0.5) is 0 Å². The van der Waals surface area contributed by atoms with Crippen LogP contribution in [0.2, 0.25) is 10.6 Å². The van der Waals surface area contributed by atoms with Gasteiger partial charge in [0.2, 0.25) is 0 Å². The van der Waals surface area contributed by atoms with Crippen molar-refractivity contribution in [3.63, 3.8) is 0 Å². The fourth-order valence-corrected chi connectivity index (χ4v) is 2.70. The highest BCUT2D eigenvalue weighted by Crippen LogP contribution is 2.42. The Morgan fingerprint density at radius 3 is 1.90 bits per heavy atom. The van der Waals surface area contributed by atoms with Gasteiger partial charge in [0, 0.05) is 5.31 Å². The van der Waals surface area contributed by atoms with Crippen molar-refractivity contribution in [3.05, 3.63) is 0 Å². The number of rotatable bonds is 3. The molecule has 4 nitrogen and oxygen atoms in total. The van der Waals surface area contributed by atoms with E-state index in [4.69, 9.17) is 18.6 Å². The van der Waals surface area contributed by atoms with E-state index in [1.54, 1.807) is 0 Å². The molecule has 114 valence electrons. The van der Waals surface area contributed by atoms with Crippen LogP contribution in [0, 0.1) is 0 Å². The van der Waals surface area contributed by atoms with Crippen LogP contribution in [0.3, 0.4) is 0 Å². The lowest BCUT2D eigenvalue weighted by Gasteiger charge is -2.29. The van der Waals surface area contributed by atoms with Crippen molar-refractivity contribution < 1.29 is 18.6 Å². The molecule has 2 fully saturated rings. The molecule has 0 bridgehead atoms. The minimum absolute atomic E-state index is 0.0162. The van der Waals surface area contributed by atoms with Gasteiger partial charge in [-0.15, -0.1) is 0 Å². The molecule has 0 aromatic heterocycles. The molecule has 6 heteroatoms. The minimum Gasteiger partial charge on any atom is -0.408 e. The van der Waals surface area contributed by atoms with Crippen molar-refractivity contribution in [3.8, 4) is 0 Å². The molecule has 0 aromatic carbocycles. The molecule has 3 unspecified atom stereocenters. The molecule has 2 rings (SSSR count). The molecular weight excluding hydrogens is 254 g/mol. The molecular formula is C14H28B2O4. The Hall–Kier alpha value is -0.0301. The van der Waals surface area contributed by atoms with Crippen LogP contribution in [0.15, 0.2) is 0 Å². The Bertz CT molecular complexity index is 333. The molecule has 0 spiro atoms. The molecule has 0 saturated carbocycles. The first-order valence-electron chi connectivity index (χ1n) is 7.67. The summed E-state index contributed by atoms with van der Waals surface area (Å²) in [6.45, 7) is 15.5. The van der Waals surface area contributed by atoms with Crippen LogP contribution in [0.1, 0.15) is 54.9 Å². The second-order valence-electron chi connectivity index (χ2n) is 8.00. The highest BCUT2D eigenvalue weighted by molar-refractivity contribution is 6.49. The molecule has 0 aromatic rings. The summed E-state index contributed by atoms with van der Waals surface area (Å²) >= 11 is 0. The summed E-state index contributed by atoms with van der Waals surface area (Å²) in [7, 11) is -0.281. The molecule has 0 radical (unpaired) electrons. The van der Waals surface area contributed by atoms with Crippen molar-refractivity contribution >= 4 is 14.2 Å². The van der Waals surface area contributed by atoms with Gasteiger partial charge in [0.1, 0.15) is 0 Å². The third kappa shape index (κ3) is 3.59. The van der Waals surface area contributed by atoms with E-state index in [0.717, 1.165) is 6.42 Å². The monoisotopic (exact) mass is 282 g/mol. The fourth-order valence-electron chi connectivity index (χ4n) is 2.70. The lowest BCUT2D eigenvalue weighted by molar-refractivity contribution is 0.184. The lowest BCUT2D eigenvalue weighted by atomic mass is 9.57. The Labute approximate surface area is 124 Å². The Morgan fingerprint density at radius 2 is 1.45 bits per heavy atom. The molecule has 0 aliphatic carbocycles. The molecule has 0 N–H and O–H groups in total. The van der Waals surface area contributed by atoms with Gasteiger partial charge in [-0.2, -0.15) is 0 Å². The van der Waals surface area contributed by atoms with Crippen molar-refractivity contribution in [1.82, 2.24) is 0 Å². The summed E-state index contributed by atoms with van der Waals surface area (Å²) in [5, 5.41) is -0.0674. The van der Waals surface area contributed by atoms with Crippen molar-refractivity contribution in [1.29, 1.82) is 0 Å². The summed E-state index contributed by atoms with van der Waals surface area (Å²) < 4.78 is 23.7. The first kappa shape index (κ1) is 16.3. The predicted molar refractivity (Wildman–Crippen MR) is 81.8 cm³/mol. The second kappa shape index (κ2) is 5.64. The van der Waals surface area contributed by atoms with Crippen LogP contribution in [-0.4, -0.2) is 39.2 Å². The van der Waals surface area contributed by atoms with Crippen LogP contribution in [0.5, 0.6) is 0 Å². The number of hydrogen-bond acceptors (Lipinski definition) is 4. The maximum atomic E-state index is 6.04. The van der Waals surface area contributed by atoms with Crippen molar-refractivity contribution in [2.45, 2.75) is 83.8 Å². The zero-order chi connectivity index (χ0) is 15.1. The average molecular weight is 282 g/mol. The highest BCUT2D eigenvalue weighted by atomic mass is 16.7. The maximum absolute atomic E-state index is 6.04. The van der Waals surface area contributed by atoms with Gasteiger partial charge in [-0.1, -0.05) is 34.6 Å². The summed E-state index contributed by atoms with van der Waals surface area (Å²) in [5.74, 6) is 0. The Balaban J connectivity index is 1.90. The van der Waals surface area contributed by atoms with Gasteiger partial charge in [0.15, 0.2) is 0 Å². The topological polar surface area (TPSA) is 36.9 Å². The molecule has 2 aliphatic rings. The SMILES string of the molecule is CC1OB(C(C)(C)CC2COB(C(C)(C)C)O2)OC1C. The standard InChI is InChI=1S/C14H28B2O4/c1-10-11(2)19-16(18-10)14(6,7)8-12-9-17-15(20-12)13(3,4)5/h10-12H,8-9H2,1-7H3. The zero-order valence-corrected chi connectivity index (χ0v) is 13.9. The molecule has 0 amide bonds. The van der Waals surface area contributed by atoms with E-state index in [0.29, 0.717) is 6.61 Å². The van der Waals surface area contributed by atoms with Crippen molar-refractivity contribution in [2.24, 2.45) is 0 Å². The Morgan fingerprint density at radius 1 is 0.900 bits per heavy atom. The normalized spacial score (nSPS) is 32.2. The van der Waals surface area contributed by atoms with Gasteiger partial charge in [-0.3, -0.25) is 0 Å². The van der Waals surface area contributed by atoms with Gasteiger partial charge in [-0.05, 0) is 25.6 Å². The van der Waals surface area contributed by atoms with Crippen LogP contribution >= 0.6 is 0 Å². The predicted octanol–water partition coefficient (Wildman–Crippen LogP) is 3.17. The van der Waals surface area contributed by atoms with Crippen LogP contribution in [0.25, 0.3) is 0 Å². The second-order valence-corrected chi connectivity index (χ2v) is 8.00. The van der Waals surface area contributed by atoms with Crippen LogP contribution in [-0.2, 0) is 18.6 Å². The van der Waals surface area contributed by atoms with E-state index in [1.807, 2.05) is 0 Å². The van der Waals surface area contributed by atoms with E-state index in [1.165, 1.54) is 0 Å². The van der Waals surface area contributed by atoms with Crippen molar-refractivity contribution in [2.75, 3.05) is 6.61 Å². The quantitative estimate of drug-likeness (QED) is 0.745. The molecule has 2 aliphatic heterocycles.